The molecule has 0 aliphatic carbocycles. The van der Waals surface area contributed by atoms with Crippen molar-refractivity contribution in [3.05, 3.63) is 54.1 Å². The quantitative estimate of drug-likeness (QED) is 0.740. The van der Waals surface area contributed by atoms with E-state index in [0.717, 1.165) is 12.8 Å². The van der Waals surface area contributed by atoms with E-state index in [0.29, 0.717) is 30.2 Å². The lowest BCUT2D eigenvalue weighted by Crippen LogP contribution is -2.40. The van der Waals surface area contributed by atoms with Crippen molar-refractivity contribution < 1.29 is 22.7 Å². The fraction of sp³-hybridized carbons (Fsp3) is 0.350. The maximum atomic E-state index is 12.6. The predicted molar refractivity (Wildman–Crippen MR) is 106 cm³/mol. The predicted octanol–water partition coefficient (Wildman–Crippen LogP) is 2.79. The second-order valence-corrected chi connectivity index (χ2v) is 8.60. The Kier molecular flexibility index (Phi) is 5.90. The van der Waals surface area contributed by atoms with E-state index in [2.05, 4.69) is 10.0 Å². The van der Waals surface area contributed by atoms with Crippen molar-refractivity contribution in [3.8, 4) is 5.75 Å². The number of hydrogen-bond acceptors (Lipinski definition) is 5. The zero-order chi connectivity index (χ0) is 20.2. The van der Waals surface area contributed by atoms with Gasteiger partial charge in [-0.15, -0.1) is 0 Å². The first kappa shape index (κ1) is 20.2. The molecule has 28 heavy (non-hydrogen) atoms. The minimum atomic E-state index is -3.81. The molecule has 1 atom stereocenters. The summed E-state index contributed by atoms with van der Waals surface area (Å²) in [5.74, 6) is 0.156. The summed E-state index contributed by atoms with van der Waals surface area (Å²) in [6.45, 7) is 3.10. The van der Waals surface area contributed by atoms with Gasteiger partial charge in [0.25, 0.3) is 15.9 Å². The number of sulfonamides is 1. The summed E-state index contributed by atoms with van der Waals surface area (Å²) in [7, 11) is -2.34. The van der Waals surface area contributed by atoms with Crippen LogP contribution in [0.2, 0.25) is 0 Å². The number of para-hydroxylation sites is 2. The van der Waals surface area contributed by atoms with E-state index in [1.165, 1.54) is 31.4 Å². The Morgan fingerprint density at radius 3 is 2.54 bits per heavy atom. The third kappa shape index (κ3) is 4.63. The molecule has 7 nitrogen and oxygen atoms in total. The molecule has 1 amide bonds. The van der Waals surface area contributed by atoms with Gasteiger partial charge in [0.2, 0.25) is 0 Å². The number of methoxy groups -OCH3 is 1. The van der Waals surface area contributed by atoms with E-state index in [1.807, 2.05) is 6.92 Å². The molecule has 1 aliphatic rings. The molecule has 0 bridgehead atoms. The zero-order valence-corrected chi connectivity index (χ0v) is 16.7. The molecule has 1 aliphatic heterocycles. The van der Waals surface area contributed by atoms with E-state index in [4.69, 9.17) is 9.47 Å². The third-order valence-electron chi connectivity index (χ3n) is 4.70. The van der Waals surface area contributed by atoms with Crippen molar-refractivity contribution in [2.75, 3.05) is 25.0 Å². The molecule has 0 saturated carbocycles. The van der Waals surface area contributed by atoms with E-state index >= 15 is 0 Å². The van der Waals surface area contributed by atoms with Crippen molar-refractivity contribution in [1.29, 1.82) is 0 Å². The molecule has 0 spiro atoms. The number of nitrogens with one attached hydrogen (secondary N) is 2. The first-order valence-corrected chi connectivity index (χ1v) is 10.5. The van der Waals surface area contributed by atoms with Gasteiger partial charge in [0.05, 0.1) is 23.3 Å². The Labute approximate surface area is 165 Å². The Balaban J connectivity index is 1.68. The van der Waals surface area contributed by atoms with Gasteiger partial charge in [-0.1, -0.05) is 12.1 Å². The summed E-state index contributed by atoms with van der Waals surface area (Å²) < 4.78 is 38.5. The maximum absolute atomic E-state index is 12.6. The Hall–Kier alpha value is -2.58. The highest BCUT2D eigenvalue weighted by molar-refractivity contribution is 7.92. The lowest BCUT2D eigenvalue weighted by atomic mass is 10.0. The molecule has 0 unspecified atom stereocenters. The molecule has 1 saturated heterocycles. The van der Waals surface area contributed by atoms with Crippen LogP contribution in [0.4, 0.5) is 5.69 Å². The minimum Gasteiger partial charge on any atom is -0.495 e. The molecule has 2 aromatic rings. The molecule has 150 valence electrons. The topological polar surface area (TPSA) is 93.7 Å². The summed E-state index contributed by atoms with van der Waals surface area (Å²) in [6.07, 6.45) is 1.89. The van der Waals surface area contributed by atoms with Gasteiger partial charge in [-0.05, 0) is 56.2 Å². The van der Waals surface area contributed by atoms with Gasteiger partial charge < -0.3 is 14.8 Å². The van der Waals surface area contributed by atoms with Crippen molar-refractivity contribution in [3.63, 3.8) is 0 Å². The molecular weight excluding hydrogens is 380 g/mol. The fourth-order valence-electron chi connectivity index (χ4n) is 3.06. The molecular formula is C20H24N2O5S. The average molecular weight is 404 g/mol. The summed E-state index contributed by atoms with van der Waals surface area (Å²) in [5.41, 5.74) is 0.395. The first-order valence-electron chi connectivity index (χ1n) is 9.01. The molecule has 0 radical (unpaired) electrons. The van der Waals surface area contributed by atoms with Gasteiger partial charge in [0.1, 0.15) is 5.75 Å². The van der Waals surface area contributed by atoms with Crippen LogP contribution < -0.4 is 14.8 Å². The smallest absolute Gasteiger partial charge is 0.262 e. The second-order valence-electron chi connectivity index (χ2n) is 6.91. The monoisotopic (exact) mass is 404 g/mol. The molecule has 8 heteroatoms. The number of carbonyl (C=O) groups is 1. The summed E-state index contributed by atoms with van der Waals surface area (Å²) in [5, 5.41) is 2.85. The Bertz CT molecular complexity index is 935. The largest absolute Gasteiger partial charge is 0.495 e. The van der Waals surface area contributed by atoms with Gasteiger partial charge >= 0.3 is 0 Å². The second kappa shape index (κ2) is 8.20. The van der Waals surface area contributed by atoms with E-state index in [-0.39, 0.29) is 16.4 Å². The van der Waals surface area contributed by atoms with E-state index in [1.54, 1.807) is 24.3 Å². The van der Waals surface area contributed by atoms with Crippen LogP contribution in [-0.2, 0) is 14.8 Å². The van der Waals surface area contributed by atoms with Crippen LogP contribution in [0.25, 0.3) is 0 Å². The van der Waals surface area contributed by atoms with Crippen LogP contribution in [-0.4, -0.2) is 40.2 Å². The number of benzene rings is 2. The van der Waals surface area contributed by atoms with Crippen LogP contribution in [0.15, 0.2) is 53.4 Å². The number of hydrogen-bond donors (Lipinski definition) is 2. The van der Waals surface area contributed by atoms with Crippen molar-refractivity contribution in [2.24, 2.45) is 0 Å². The zero-order valence-electron chi connectivity index (χ0n) is 15.9. The molecule has 1 fully saturated rings. The number of anilines is 1. The number of rotatable bonds is 7. The molecule has 0 aromatic heterocycles. The van der Waals surface area contributed by atoms with Crippen LogP contribution in [0.5, 0.6) is 5.75 Å². The fourth-order valence-corrected chi connectivity index (χ4v) is 4.13. The average Bonchev–Trinajstić information content (AvgIpc) is 3.13. The van der Waals surface area contributed by atoms with Crippen LogP contribution in [0, 0.1) is 0 Å². The maximum Gasteiger partial charge on any atom is 0.262 e. The SMILES string of the molecule is COc1ccccc1NS(=O)(=O)c1ccc(C(=O)NC[C@@]2(C)CCCO2)cc1. The molecule has 2 N–H and O–H groups in total. The van der Waals surface area contributed by atoms with E-state index < -0.39 is 10.0 Å². The lowest BCUT2D eigenvalue weighted by Gasteiger charge is -2.23. The van der Waals surface area contributed by atoms with E-state index in [9.17, 15) is 13.2 Å². The van der Waals surface area contributed by atoms with Gasteiger partial charge in [-0.3, -0.25) is 9.52 Å². The van der Waals surface area contributed by atoms with Gasteiger partial charge in [0.15, 0.2) is 0 Å². The first-order chi connectivity index (χ1) is 13.3. The highest BCUT2D eigenvalue weighted by atomic mass is 32.2. The van der Waals surface area contributed by atoms with Gasteiger partial charge in [-0.2, -0.15) is 0 Å². The van der Waals surface area contributed by atoms with Crippen LogP contribution in [0.3, 0.4) is 0 Å². The molecule has 1 heterocycles. The third-order valence-corrected chi connectivity index (χ3v) is 6.08. The van der Waals surface area contributed by atoms with Crippen LogP contribution >= 0.6 is 0 Å². The number of ether oxygens (including phenoxy) is 2. The highest BCUT2D eigenvalue weighted by Crippen LogP contribution is 2.26. The standard InChI is InChI=1S/C20H24N2O5S/c1-20(12-5-13-27-20)14-21-19(23)15-8-10-16(11-9-15)28(24,25)22-17-6-3-4-7-18(17)26-2/h3-4,6-11,22H,5,12-14H2,1-2H3,(H,21,23)/t20-/m1/s1. The van der Waals surface area contributed by atoms with Crippen molar-refractivity contribution >= 4 is 21.6 Å². The normalized spacial score (nSPS) is 19.2. The minimum absolute atomic E-state index is 0.0565. The molecule has 3 rings (SSSR count). The number of amides is 1. The summed E-state index contributed by atoms with van der Waals surface area (Å²) in [4.78, 5) is 12.4. The van der Waals surface area contributed by atoms with Crippen molar-refractivity contribution in [2.45, 2.75) is 30.3 Å². The van der Waals surface area contributed by atoms with Gasteiger partial charge in [0, 0.05) is 18.7 Å². The molecule has 2 aromatic carbocycles. The number of carbonyl (C=O) groups excluding carboxylic acids is 1. The highest BCUT2D eigenvalue weighted by Gasteiger charge is 2.30. The summed E-state index contributed by atoms with van der Waals surface area (Å²) in [6, 6.07) is 12.5. The van der Waals surface area contributed by atoms with Crippen LogP contribution in [0.1, 0.15) is 30.1 Å². The van der Waals surface area contributed by atoms with Crippen molar-refractivity contribution in [1.82, 2.24) is 5.32 Å². The lowest BCUT2D eigenvalue weighted by molar-refractivity contribution is 0.0206. The van der Waals surface area contributed by atoms with Gasteiger partial charge in [-0.25, -0.2) is 8.42 Å². The summed E-state index contributed by atoms with van der Waals surface area (Å²) >= 11 is 0. The Morgan fingerprint density at radius 2 is 1.89 bits per heavy atom. The Morgan fingerprint density at radius 1 is 1.18 bits per heavy atom.